The van der Waals surface area contributed by atoms with Crippen molar-refractivity contribution in [3.63, 3.8) is 0 Å². The summed E-state index contributed by atoms with van der Waals surface area (Å²) in [5, 5.41) is 14.8. The number of hydrogen-bond donors (Lipinski definition) is 2. The van der Waals surface area contributed by atoms with E-state index in [0.717, 1.165) is 12.3 Å². The van der Waals surface area contributed by atoms with E-state index in [1.807, 2.05) is 31.2 Å². The van der Waals surface area contributed by atoms with Gasteiger partial charge in [-0.1, -0.05) is 12.1 Å². The molecule has 2 aromatic carbocycles. The predicted molar refractivity (Wildman–Crippen MR) is 113 cm³/mol. The standard InChI is InChI=1S/C19H23FN2O3S.C2H2O4/c1-2-25-18-7-3-16(4-8-18)15-21-11-13-22(14-12-21)26(23,24)19-9-5-17(20)6-10-19;3-1(4)2(5)6/h3-10H,2,11-15H2,1H3;(H,3,4)(H,5,6). The number of piperazine rings is 1. The predicted octanol–water partition coefficient (Wildman–Crippen LogP) is 1.89. The average molecular weight is 469 g/mol. The van der Waals surface area contributed by atoms with Crippen molar-refractivity contribution in [2.24, 2.45) is 0 Å². The lowest BCUT2D eigenvalue weighted by molar-refractivity contribution is -0.159. The van der Waals surface area contributed by atoms with Crippen molar-refractivity contribution in [1.29, 1.82) is 0 Å². The summed E-state index contributed by atoms with van der Waals surface area (Å²) < 4.78 is 45.2. The number of halogens is 1. The molecule has 3 rings (SSSR count). The Balaban J connectivity index is 0.000000534. The highest BCUT2D eigenvalue weighted by Gasteiger charge is 2.28. The first-order valence-corrected chi connectivity index (χ1v) is 11.2. The number of benzene rings is 2. The first kappa shape index (κ1) is 25.2. The molecule has 0 aliphatic carbocycles. The Morgan fingerprint density at radius 2 is 1.47 bits per heavy atom. The van der Waals surface area contributed by atoms with Crippen LogP contribution in [0.2, 0.25) is 0 Å². The van der Waals surface area contributed by atoms with Gasteiger partial charge in [0.15, 0.2) is 0 Å². The molecule has 0 saturated carbocycles. The van der Waals surface area contributed by atoms with Gasteiger partial charge >= 0.3 is 11.9 Å². The number of nitrogens with zero attached hydrogens (tertiary/aromatic N) is 2. The van der Waals surface area contributed by atoms with Gasteiger partial charge in [0.25, 0.3) is 0 Å². The van der Waals surface area contributed by atoms with Crippen LogP contribution in [0.4, 0.5) is 4.39 Å². The third kappa shape index (κ3) is 7.29. The van der Waals surface area contributed by atoms with Crippen LogP contribution in [-0.2, 0) is 26.2 Å². The third-order valence-electron chi connectivity index (χ3n) is 4.61. The van der Waals surface area contributed by atoms with Crippen molar-refractivity contribution in [2.45, 2.75) is 18.4 Å². The van der Waals surface area contributed by atoms with Gasteiger partial charge < -0.3 is 14.9 Å². The molecule has 1 aliphatic rings. The van der Waals surface area contributed by atoms with Gasteiger partial charge in [0, 0.05) is 32.7 Å². The summed E-state index contributed by atoms with van der Waals surface area (Å²) in [6, 6.07) is 13.0. The van der Waals surface area contributed by atoms with Gasteiger partial charge in [0.05, 0.1) is 11.5 Å². The van der Waals surface area contributed by atoms with Crippen molar-refractivity contribution in [3.05, 3.63) is 59.9 Å². The molecular formula is C21H25FN2O7S. The number of carboxylic acid groups (broad SMARTS) is 2. The summed E-state index contributed by atoms with van der Waals surface area (Å²) >= 11 is 0. The fourth-order valence-electron chi connectivity index (χ4n) is 3.00. The van der Waals surface area contributed by atoms with Crippen molar-refractivity contribution >= 4 is 22.0 Å². The molecule has 0 atom stereocenters. The Labute approximate surface area is 185 Å². The highest BCUT2D eigenvalue weighted by Crippen LogP contribution is 2.19. The molecule has 0 spiro atoms. The second kappa shape index (κ2) is 11.6. The summed E-state index contributed by atoms with van der Waals surface area (Å²) in [4.78, 5) is 20.6. The SMILES string of the molecule is CCOc1ccc(CN2CCN(S(=O)(=O)c3ccc(F)cc3)CC2)cc1.O=C(O)C(=O)O. The van der Waals surface area contributed by atoms with Crippen LogP contribution in [0.1, 0.15) is 12.5 Å². The van der Waals surface area contributed by atoms with E-state index in [4.69, 9.17) is 24.5 Å². The van der Waals surface area contributed by atoms with Gasteiger partial charge in [-0.05, 0) is 48.9 Å². The van der Waals surface area contributed by atoms with E-state index in [-0.39, 0.29) is 4.90 Å². The maximum absolute atomic E-state index is 13.0. The van der Waals surface area contributed by atoms with E-state index in [2.05, 4.69) is 4.90 Å². The lowest BCUT2D eigenvalue weighted by atomic mass is 10.2. The van der Waals surface area contributed by atoms with E-state index in [1.54, 1.807) is 0 Å². The quantitative estimate of drug-likeness (QED) is 0.616. The van der Waals surface area contributed by atoms with Crippen LogP contribution in [0.3, 0.4) is 0 Å². The minimum atomic E-state index is -3.56. The Morgan fingerprint density at radius 1 is 0.938 bits per heavy atom. The zero-order valence-corrected chi connectivity index (χ0v) is 18.3. The van der Waals surface area contributed by atoms with Gasteiger partial charge in [-0.15, -0.1) is 0 Å². The third-order valence-corrected chi connectivity index (χ3v) is 6.52. The highest BCUT2D eigenvalue weighted by atomic mass is 32.2. The molecule has 0 bridgehead atoms. The fourth-order valence-corrected chi connectivity index (χ4v) is 4.42. The van der Waals surface area contributed by atoms with Crippen molar-refractivity contribution in [1.82, 2.24) is 9.21 Å². The molecule has 11 heteroatoms. The zero-order valence-electron chi connectivity index (χ0n) is 17.5. The van der Waals surface area contributed by atoms with Crippen LogP contribution >= 0.6 is 0 Å². The molecule has 0 unspecified atom stereocenters. The molecule has 0 amide bonds. The smallest absolute Gasteiger partial charge is 0.414 e. The molecule has 2 N–H and O–H groups in total. The number of ether oxygens (including phenoxy) is 1. The van der Waals surface area contributed by atoms with Crippen LogP contribution < -0.4 is 4.74 Å². The lowest BCUT2D eigenvalue weighted by Gasteiger charge is -2.34. The molecule has 32 heavy (non-hydrogen) atoms. The summed E-state index contributed by atoms with van der Waals surface area (Å²) in [7, 11) is -3.56. The molecular weight excluding hydrogens is 443 g/mol. The number of aliphatic carboxylic acids is 2. The van der Waals surface area contributed by atoms with E-state index >= 15 is 0 Å². The first-order valence-electron chi connectivity index (χ1n) is 9.79. The first-order chi connectivity index (χ1) is 15.1. The number of rotatable bonds is 6. The minimum absolute atomic E-state index is 0.138. The molecule has 9 nitrogen and oxygen atoms in total. The second-order valence-electron chi connectivity index (χ2n) is 6.82. The van der Waals surface area contributed by atoms with Crippen molar-refractivity contribution in [3.8, 4) is 5.75 Å². The van der Waals surface area contributed by atoms with Crippen LogP contribution in [0, 0.1) is 5.82 Å². The van der Waals surface area contributed by atoms with Crippen LogP contribution in [0.5, 0.6) is 5.75 Å². The number of sulfonamides is 1. The van der Waals surface area contributed by atoms with Crippen LogP contribution in [-0.4, -0.2) is 72.6 Å². The molecule has 1 aliphatic heterocycles. The van der Waals surface area contributed by atoms with Crippen molar-refractivity contribution < 1.29 is 37.3 Å². The van der Waals surface area contributed by atoms with Crippen LogP contribution in [0.15, 0.2) is 53.4 Å². The molecule has 0 aromatic heterocycles. The molecule has 1 saturated heterocycles. The summed E-state index contributed by atoms with van der Waals surface area (Å²) in [5.74, 6) is -3.24. The average Bonchev–Trinajstić information content (AvgIpc) is 2.76. The maximum atomic E-state index is 13.0. The molecule has 2 aromatic rings. The Bertz CT molecular complexity index is 991. The fraction of sp³-hybridized carbons (Fsp3) is 0.333. The molecule has 1 fully saturated rings. The maximum Gasteiger partial charge on any atom is 0.414 e. The normalized spacial score (nSPS) is 14.8. The topological polar surface area (TPSA) is 124 Å². The monoisotopic (exact) mass is 468 g/mol. The number of carbonyl (C=O) groups is 2. The minimum Gasteiger partial charge on any atom is -0.494 e. The van der Waals surface area contributed by atoms with Gasteiger partial charge in [-0.3, -0.25) is 4.90 Å². The zero-order chi connectivity index (χ0) is 23.7. The lowest BCUT2D eigenvalue weighted by Crippen LogP contribution is -2.48. The highest BCUT2D eigenvalue weighted by molar-refractivity contribution is 7.89. The van der Waals surface area contributed by atoms with Gasteiger partial charge in [-0.2, -0.15) is 4.31 Å². The van der Waals surface area contributed by atoms with Gasteiger partial charge in [-0.25, -0.2) is 22.4 Å². The van der Waals surface area contributed by atoms with E-state index in [1.165, 1.54) is 34.1 Å². The van der Waals surface area contributed by atoms with E-state index in [9.17, 15) is 12.8 Å². The van der Waals surface area contributed by atoms with Crippen molar-refractivity contribution in [2.75, 3.05) is 32.8 Å². The summed E-state index contributed by atoms with van der Waals surface area (Å²) in [6.45, 7) is 5.54. The molecule has 0 radical (unpaired) electrons. The van der Waals surface area contributed by atoms with Gasteiger partial charge in [0.2, 0.25) is 10.0 Å². The second-order valence-corrected chi connectivity index (χ2v) is 8.76. The Morgan fingerprint density at radius 3 is 1.94 bits per heavy atom. The largest absolute Gasteiger partial charge is 0.494 e. The Hall–Kier alpha value is -3.02. The summed E-state index contributed by atoms with van der Waals surface area (Å²) in [5.41, 5.74) is 1.17. The van der Waals surface area contributed by atoms with E-state index in [0.29, 0.717) is 32.8 Å². The van der Waals surface area contributed by atoms with Crippen LogP contribution in [0.25, 0.3) is 0 Å². The molecule has 174 valence electrons. The number of hydrogen-bond acceptors (Lipinski definition) is 6. The molecule has 1 heterocycles. The van der Waals surface area contributed by atoms with E-state index < -0.39 is 27.8 Å². The summed E-state index contributed by atoms with van der Waals surface area (Å²) in [6.07, 6.45) is 0. The Kier molecular flexibility index (Phi) is 9.12. The van der Waals surface area contributed by atoms with Gasteiger partial charge in [0.1, 0.15) is 11.6 Å². The number of carboxylic acids is 2.